The number of aryl methyl sites for hydroxylation is 1. The van der Waals surface area contributed by atoms with E-state index >= 15 is 0 Å². The molecule has 1 fully saturated rings. The standard InChI is InChI=1S/C21H26N6O/c1-15-24-25-26-27(15)18-10-11-20(28-2)17(13-18)14-23-19-9-6-12-22-21(19)16-7-4-3-5-8-16/h3-5,7-8,10-11,13,19,21-23H,6,9,12,14H2,1-2H3. The first-order valence-electron chi connectivity index (χ1n) is 9.70. The normalized spacial score (nSPS) is 19.5. The van der Waals surface area contributed by atoms with Gasteiger partial charge in [-0.05, 0) is 60.5 Å². The van der Waals surface area contributed by atoms with E-state index in [0.717, 1.165) is 35.8 Å². The van der Waals surface area contributed by atoms with Gasteiger partial charge in [-0.3, -0.25) is 0 Å². The molecule has 2 atom stereocenters. The number of hydrogen-bond acceptors (Lipinski definition) is 6. The fourth-order valence-electron chi connectivity index (χ4n) is 3.87. The summed E-state index contributed by atoms with van der Waals surface area (Å²) < 4.78 is 7.32. The highest BCUT2D eigenvalue weighted by molar-refractivity contribution is 5.44. The molecule has 2 aromatic carbocycles. The molecular weight excluding hydrogens is 352 g/mol. The molecule has 0 aliphatic carbocycles. The lowest BCUT2D eigenvalue weighted by Crippen LogP contribution is -2.45. The lowest BCUT2D eigenvalue weighted by molar-refractivity contribution is 0.303. The topological polar surface area (TPSA) is 76.9 Å². The highest BCUT2D eigenvalue weighted by Gasteiger charge is 2.25. The van der Waals surface area contributed by atoms with Crippen molar-refractivity contribution in [1.82, 2.24) is 30.8 Å². The van der Waals surface area contributed by atoms with Crippen molar-refractivity contribution in [3.05, 3.63) is 65.5 Å². The molecule has 2 N–H and O–H groups in total. The van der Waals surface area contributed by atoms with Crippen molar-refractivity contribution in [3.63, 3.8) is 0 Å². The van der Waals surface area contributed by atoms with Gasteiger partial charge in [0.2, 0.25) is 0 Å². The summed E-state index contributed by atoms with van der Waals surface area (Å²) in [6.45, 7) is 3.66. The van der Waals surface area contributed by atoms with Crippen molar-refractivity contribution in [2.24, 2.45) is 0 Å². The fourth-order valence-corrected chi connectivity index (χ4v) is 3.87. The minimum absolute atomic E-state index is 0.311. The molecule has 0 bridgehead atoms. The predicted molar refractivity (Wildman–Crippen MR) is 107 cm³/mol. The molecular formula is C21H26N6O. The van der Waals surface area contributed by atoms with Crippen molar-refractivity contribution < 1.29 is 4.74 Å². The zero-order chi connectivity index (χ0) is 19.3. The van der Waals surface area contributed by atoms with Crippen LogP contribution in [0.5, 0.6) is 5.75 Å². The molecule has 146 valence electrons. The van der Waals surface area contributed by atoms with Crippen LogP contribution in [0.1, 0.15) is 35.8 Å². The average molecular weight is 378 g/mol. The third-order valence-corrected chi connectivity index (χ3v) is 5.31. The first kappa shape index (κ1) is 18.6. The summed E-state index contributed by atoms with van der Waals surface area (Å²) in [5.74, 6) is 1.62. The van der Waals surface area contributed by atoms with E-state index in [1.807, 2.05) is 19.1 Å². The first-order chi connectivity index (χ1) is 13.8. The van der Waals surface area contributed by atoms with Crippen molar-refractivity contribution in [2.75, 3.05) is 13.7 Å². The maximum Gasteiger partial charge on any atom is 0.153 e. The second-order valence-electron chi connectivity index (χ2n) is 7.11. The van der Waals surface area contributed by atoms with Gasteiger partial charge < -0.3 is 15.4 Å². The molecule has 0 saturated carbocycles. The molecule has 7 nitrogen and oxygen atoms in total. The number of hydrogen-bond donors (Lipinski definition) is 2. The highest BCUT2D eigenvalue weighted by atomic mass is 16.5. The van der Waals surface area contributed by atoms with Gasteiger partial charge in [0.1, 0.15) is 5.75 Å². The molecule has 1 aromatic heterocycles. The third-order valence-electron chi connectivity index (χ3n) is 5.31. The zero-order valence-electron chi connectivity index (χ0n) is 16.3. The molecule has 1 aliphatic heterocycles. The molecule has 4 rings (SSSR count). The summed E-state index contributed by atoms with van der Waals surface area (Å²) in [6, 6.07) is 17.4. The molecule has 2 unspecified atom stereocenters. The summed E-state index contributed by atoms with van der Waals surface area (Å²) in [6.07, 6.45) is 2.31. The van der Waals surface area contributed by atoms with Gasteiger partial charge in [-0.15, -0.1) is 5.10 Å². The van der Waals surface area contributed by atoms with Crippen LogP contribution in [0, 0.1) is 6.92 Å². The molecule has 0 radical (unpaired) electrons. The van der Waals surface area contributed by atoms with E-state index in [1.165, 1.54) is 12.0 Å². The number of nitrogens with one attached hydrogen (secondary N) is 2. The van der Waals surface area contributed by atoms with Crippen LogP contribution in [-0.4, -0.2) is 39.9 Å². The molecule has 0 amide bonds. The Bertz CT molecular complexity index is 910. The summed E-state index contributed by atoms with van der Waals surface area (Å²) in [5, 5.41) is 19.2. The van der Waals surface area contributed by atoms with Gasteiger partial charge in [-0.2, -0.15) is 4.68 Å². The minimum atomic E-state index is 0.311. The highest BCUT2D eigenvalue weighted by Crippen LogP contribution is 2.26. The Morgan fingerprint density at radius 1 is 1.21 bits per heavy atom. The second-order valence-corrected chi connectivity index (χ2v) is 7.11. The van der Waals surface area contributed by atoms with Gasteiger partial charge in [0.15, 0.2) is 5.82 Å². The Morgan fingerprint density at radius 3 is 2.82 bits per heavy atom. The number of aromatic nitrogens is 4. The van der Waals surface area contributed by atoms with E-state index in [4.69, 9.17) is 4.74 Å². The second kappa shape index (κ2) is 8.50. The molecule has 28 heavy (non-hydrogen) atoms. The lowest BCUT2D eigenvalue weighted by atomic mass is 9.92. The number of nitrogens with zero attached hydrogens (tertiary/aromatic N) is 4. The van der Waals surface area contributed by atoms with Crippen LogP contribution < -0.4 is 15.4 Å². The quantitative estimate of drug-likeness (QED) is 0.687. The van der Waals surface area contributed by atoms with Crippen molar-refractivity contribution >= 4 is 0 Å². The van der Waals surface area contributed by atoms with Crippen LogP contribution in [0.2, 0.25) is 0 Å². The van der Waals surface area contributed by atoms with Gasteiger partial charge >= 0.3 is 0 Å². The van der Waals surface area contributed by atoms with E-state index < -0.39 is 0 Å². The minimum Gasteiger partial charge on any atom is -0.496 e. The summed E-state index contributed by atoms with van der Waals surface area (Å²) in [4.78, 5) is 0. The van der Waals surface area contributed by atoms with Crippen LogP contribution in [-0.2, 0) is 6.54 Å². The van der Waals surface area contributed by atoms with Gasteiger partial charge in [-0.1, -0.05) is 30.3 Å². The number of tetrazole rings is 1. The largest absolute Gasteiger partial charge is 0.496 e. The number of ether oxygens (including phenoxy) is 1. The van der Waals surface area contributed by atoms with E-state index in [2.05, 4.69) is 62.6 Å². The molecule has 0 spiro atoms. The van der Waals surface area contributed by atoms with Gasteiger partial charge in [0, 0.05) is 24.2 Å². The predicted octanol–water partition coefficient (Wildman–Crippen LogP) is 2.56. The first-order valence-corrected chi connectivity index (χ1v) is 9.70. The third kappa shape index (κ3) is 3.90. The van der Waals surface area contributed by atoms with Crippen LogP contribution in [0.3, 0.4) is 0 Å². The van der Waals surface area contributed by atoms with Crippen LogP contribution in [0.4, 0.5) is 0 Å². The molecule has 1 saturated heterocycles. The zero-order valence-corrected chi connectivity index (χ0v) is 16.3. The Hall–Kier alpha value is -2.77. The van der Waals surface area contributed by atoms with Gasteiger partial charge in [0.25, 0.3) is 0 Å². The molecule has 1 aliphatic rings. The van der Waals surface area contributed by atoms with Crippen LogP contribution >= 0.6 is 0 Å². The van der Waals surface area contributed by atoms with Crippen molar-refractivity contribution in [1.29, 1.82) is 0 Å². The van der Waals surface area contributed by atoms with Crippen LogP contribution in [0.25, 0.3) is 5.69 Å². The molecule has 3 aromatic rings. The van der Waals surface area contributed by atoms with E-state index in [-0.39, 0.29) is 0 Å². The van der Waals surface area contributed by atoms with Crippen molar-refractivity contribution in [3.8, 4) is 11.4 Å². The van der Waals surface area contributed by atoms with E-state index in [0.29, 0.717) is 18.6 Å². The smallest absolute Gasteiger partial charge is 0.153 e. The maximum atomic E-state index is 5.58. The number of benzene rings is 2. The van der Waals surface area contributed by atoms with E-state index in [9.17, 15) is 0 Å². The van der Waals surface area contributed by atoms with Crippen LogP contribution in [0.15, 0.2) is 48.5 Å². The summed E-state index contributed by atoms with van der Waals surface area (Å²) in [7, 11) is 1.70. The summed E-state index contributed by atoms with van der Waals surface area (Å²) >= 11 is 0. The lowest BCUT2D eigenvalue weighted by Gasteiger charge is -2.34. The Morgan fingerprint density at radius 2 is 2.07 bits per heavy atom. The van der Waals surface area contributed by atoms with Gasteiger partial charge in [-0.25, -0.2) is 0 Å². The monoisotopic (exact) mass is 378 g/mol. The van der Waals surface area contributed by atoms with Gasteiger partial charge in [0.05, 0.1) is 12.8 Å². The fraction of sp³-hybridized carbons (Fsp3) is 0.381. The molecule has 7 heteroatoms. The number of piperidine rings is 1. The SMILES string of the molecule is COc1ccc(-n2nnnc2C)cc1CNC1CCCNC1c1ccccc1. The average Bonchev–Trinajstić information content (AvgIpc) is 3.18. The Labute approximate surface area is 165 Å². The Balaban J connectivity index is 1.54. The summed E-state index contributed by atoms with van der Waals surface area (Å²) in [5.41, 5.74) is 3.35. The maximum absolute atomic E-state index is 5.58. The molecule has 2 heterocycles. The number of methoxy groups -OCH3 is 1. The number of rotatable bonds is 6. The van der Waals surface area contributed by atoms with Crippen molar-refractivity contribution in [2.45, 2.75) is 38.4 Å². The van der Waals surface area contributed by atoms with E-state index in [1.54, 1.807) is 11.8 Å². The Kier molecular flexibility index (Phi) is 5.64.